The lowest BCUT2D eigenvalue weighted by Gasteiger charge is -2.21. The third-order valence-corrected chi connectivity index (χ3v) is 22.2. The zero-order chi connectivity index (χ0) is 76.4. The molecule has 6 atom stereocenters. The van der Waals surface area contributed by atoms with Crippen molar-refractivity contribution in [1.29, 1.82) is 0 Å². The van der Waals surface area contributed by atoms with Crippen molar-refractivity contribution in [2.75, 3.05) is 39.6 Å². The first-order chi connectivity index (χ1) is 50.4. The molecule has 0 radical (unpaired) electrons. The first-order valence-corrected chi connectivity index (χ1v) is 47.0. The van der Waals surface area contributed by atoms with Gasteiger partial charge in [-0.15, -0.1) is 0 Å². The monoisotopic (exact) mass is 1520 g/mol. The number of ether oxygens (including phenoxy) is 4. The van der Waals surface area contributed by atoms with Gasteiger partial charge in [-0.05, 0) is 37.5 Å². The molecule has 104 heavy (non-hydrogen) atoms. The SMILES string of the molecule is CCCCCCCCCCCCCCCCCCCCCCCCC(=O)O[C@H](COC(=O)CCCCCCCCCCCCCCCCCC)COP(=O)(O)OC[C@@H](O)COP(=O)(O)OC[C@@H](COC(=O)CCCCCCCCCCC(C)CC)OC(=O)CCCCCCCCCCCCCC(C)C. The molecule has 0 aromatic rings. The highest BCUT2D eigenvalue weighted by Crippen LogP contribution is 2.45. The van der Waals surface area contributed by atoms with Crippen LogP contribution in [0, 0.1) is 11.8 Å². The molecule has 3 unspecified atom stereocenters. The molecule has 0 aliphatic rings. The summed E-state index contributed by atoms with van der Waals surface area (Å²) in [5.41, 5.74) is 0. The molecule has 17 nitrogen and oxygen atoms in total. The fourth-order valence-corrected chi connectivity index (χ4v) is 14.8. The second-order valence-electron chi connectivity index (χ2n) is 31.3. The van der Waals surface area contributed by atoms with E-state index in [1.807, 2.05) is 0 Å². The third kappa shape index (κ3) is 76.8. The predicted octanol–water partition coefficient (Wildman–Crippen LogP) is 25.8. The Hall–Kier alpha value is -1.94. The normalized spacial score (nSPS) is 14.1. The van der Waals surface area contributed by atoms with Crippen molar-refractivity contribution in [3.63, 3.8) is 0 Å². The molecule has 0 aromatic heterocycles. The lowest BCUT2D eigenvalue weighted by atomic mass is 9.99. The third-order valence-electron chi connectivity index (χ3n) is 20.3. The first kappa shape index (κ1) is 102. The highest BCUT2D eigenvalue weighted by molar-refractivity contribution is 7.47. The van der Waals surface area contributed by atoms with Crippen molar-refractivity contribution >= 4 is 39.5 Å². The Morgan fingerprint density at radius 2 is 0.490 bits per heavy atom. The number of phosphoric ester groups is 2. The van der Waals surface area contributed by atoms with E-state index in [1.54, 1.807) is 0 Å². The van der Waals surface area contributed by atoms with Gasteiger partial charge in [0.25, 0.3) is 0 Å². The minimum absolute atomic E-state index is 0.106. The van der Waals surface area contributed by atoms with Crippen LogP contribution in [0.1, 0.15) is 452 Å². The number of esters is 4. The summed E-state index contributed by atoms with van der Waals surface area (Å²) in [7, 11) is -9.93. The maximum atomic E-state index is 13.1. The fraction of sp³-hybridized carbons (Fsp3) is 0.953. The fourth-order valence-electron chi connectivity index (χ4n) is 13.2. The van der Waals surface area contributed by atoms with Gasteiger partial charge in [0.1, 0.15) is 19.3 Å². The first-order valence-electron chi connectivity index (χ1n) is 44.0. The van der Waals surface area contributed by atoms with Gasteiger partial charge in [-0.2, -0.15) is 0 Å². The number of carbonyl (C=O) groups is 4. The molecule has 19 heteroatoms. The van der Waals surface area contributed by atoms with E-state index in [0.29, 0.717) is 25.7 Å². The summed E-state index contributed by atoms with van der Waals surface area (Å²) >= 11 is 0. The van der Waals surface area contributed by atoms with Crippen LogP contribution in [0.4, 0.5) is 0 Å². The van der Waals surface area contributed by atoms with Gasteiger partial charge >= 0.3 is 39.5 Å². The van der Waals surface area contributed by atoms with Crippen LogP contribution in [-0.4, -0.2) is 96.7 Å². The Morgan fingerprint density at radius 3 is 0.731 bits per heavy atom. The van der Waals surface area contributed by atoms with Gasteiger partial charge in [0.2, 0.25) is 0 Å². The molecule has 0 saturated carbocycles. The summed E-state index contributed by atoms with van der Waals surface area (Å²) in [6.45, 7) is 9.66. The van der Waals surface area contributed by atoms with E-state index in [1.165, 1.54) is 270 Å². The molecular weight excluding hydrogens is 1350 g/mol. The smallest absolute Gasteiger partial charge is 0.462 e. The van der Waals surface area contributed by atoms with Crippen molar-refractivity contribution in [2.45, 2.75) is 471 Å². The van der Waals surface area contributed by atoms with Crippen LogP contribution in [0.2, 0.25) is 0 Å². The van der Waals surface area contributed by atoms with Crippen LogP contribution in [0.15, 0.2) is 0 Å². The Kier molecular flexibility index (Phi) is 75.0. The van der Waals surface area contributed by atoms with Crippen molar-refractivity contribution in [3.8, 4) is 0 Å². The number of aliphatic hydroxyl groups is 1. The van der Waals surface area contributed by atoms with E-state index < -0.39 is 97.5 Å². The van der Waals surface area contributed by atoms with Crippen LogP contribution in [0.25, 0.3) is 0 Å². The van der Waals surface area contributed by atoms with Crippen LogP contribution in [0.5, 0.6) is 0 Å². The van der Waals surface area contributed by atoms with Crippen molar-refractivity contribution in [2.24, 2.45) is 11.8 Å². The van der Waals surface area contributed by atoms with Gasteiger partial charge in [-0.3, -0.25) is 37.3 Å². The van der Waals surface area contributed by atoms with Gasteiger partial charge < -0.3 is 33.8 Å². The average Bonchev–Trinajstić information content (AvgIpc) is 0.993. The minimum Gasteiger partial charge on any atom is -0.462 e. The zero-order valence-electron chi connectivity index (χ0n) is 68.3. The lowest BCUT2D eigenvalue weighted by Crippen LogP contribution is -2.30. The Balaban J connectivity index is 5.24. The topological polar surface area (TPSA) is 237 Å². The van der Waals surface area contributed by atoms with Crippen LogP contribution in [-0.2, 0) is 65.4 Å². The van der Waals surface area contributed by atoms with E-state index >= 15 is 0 Å². The molecule has 0 saturated heterocycles. The minimum atomic E-state index is -4.97. The standard InChI is InChI=1S/C85H166O17P2/c1-7-10-12-14-16-18-20-22-24-26-27-28-29-30-31-33-35-39-43-51-57-63-69-84(89)101-80(73-95-82(87)67-61-55-49-42-38-34-32-25-23-21-19-17-15-13-11-8-2)75-99-103(91,92)97-71-79(86)72-98-104(93,94)100-76-81(74-96-83(88)68-62-56-50-46-45-48-54-60-66-78(6)9-3)102-85(90)70-64-58-52-44-40-36-37-41-47-53-59-65-77(4)5/h77-81,86H,7-76H2,1-6H3,(H,91,92)(H,93,94)/t78?,79-,80-,81-/m1/s1. The van der Waals surface area contributed by atoms with Crippen molar-refractivity contribution < 1.29 is 80.2 Å². The van der Waals surface area contributed by atoms with E-state index in [0.717, 1.165) is 102 Å². The van der Waals surface area contributed by atoms with Gasteiger partial charge in [0.15, 0.2) is 12.2 Å². The van der Waals surface area contributed by atoms with E-state index in [-0.39, 0.29) is 25.7 Å². The predicted molar refractivity (Wildman–Crippen MR) is 428 cm³/mol. The molecule has 3 N–H and O–H groups in total. The van der Waals surface area contributed by atoms with Crippen molar-refractivity contribution in [3.05, 3.63) is 0 Å². The molecule has 0 aliphatic heterocycles. The summed E-state index contributed by atoms with van der Waals surface area (Å²) in [6.07, 6.45) is 68.0. The van der Waals surface area contributed by atoms with E-state index in [9.17, 15) is 43.2 Å². The lowest BCUT2D eigenvalue weighted by molar-refractivity contribution is -0.161. The van der Waals surface area contributed by atoms with Crippen molar-refractivity contribution in [1.82, 2.24) is 0 Å². The Labute approximate surface area is 638 Å². The summed E-state index contributed by atoms with van der Waals surface area (Å²) in [5, 5.41) is 10.7. The Morgan fingerprint density at radius 1 is 0.279 bits per heavy atom. The molecular formula is C85H166O17P2. The van der Waals surface area contributed by atoms with Gasteiger partial charge in [0.05, 0.1) is 26.4 Å². The number of carbonyl (C=O) groups excluding carboxylic acids is 4. The molecule has 618 valence electrons. The maximum Gasteiger partial charge on any atom is 0.472 e. The zero-order valence-corrected chi connectivity index (χ0v) is 70.1. The summed E-state index contributed by atoms with van der Waals surface area (Å²) in [6, 6.07) is 0. The number of hydrogen-bond donors (Lipinski definition) is 3. The maximum absolute atomic E-state index is 13.1. The summed E-state index contributed by atoms with van der Waals surface area (Å²) in [5.74, 6) is -0.562. The number of rotatable bonds is 84. The Bertz CT molecular complexity index is 2000. The molecule has 0 amide bonds. The molecule has 0 aliphatic carbocycles. The van der Waals surface area contributed by atoms with Gasteiger partial charge in [-0.25, -0.2) is 9.13 Å². The molecule has 0 fully saturated rings. The molecule has 0 rings (SSSR count). The molecule has 0 spiro atoms. The largest absolute Gasteiger partial charge is 0.472 e. The number of hydrogen-bond acceptors (Lipinski definition) is 15. The molecule has 0 heterocycles. The van der Waals surface area contributed by atoms with E-state index in [2.05, 4.69) is 41.5 Å². The number of unbranched alkanes of at least 4 members (excludes halogenated alkanes) is 53. The summed E-state index contributed by atoms with van der Waals surface area (Å²) < 4.78 is 68.9. The average molecular weight is 1520 g/mol. The van der Waals surface area contributed by atoms with Gasteiger partial charge in [-0.1, -0.05) is 401 Å². The second-order valence-corrected chi connectivity index (χ2v) is 34.2. The van der Waals surface area contributed by atoms with Crippen LogP contribution in [0.3, 0.4) is 0 Å². The highest BCUT2D eigenvalue weighted by Gasteiger charge is 2.30. The highest BCUT2D eigenvalue weighted by atomic mass is 31.2. The quantitative estimate of drug-likeness (QED) is 0.0222. The molecule has 0 bridgehead atoms. The van der Waals surface area contributed by atoms with Crippen LogP contribution < -0.4 is 0 Å². The van der Waals surface area contributed by atoms with E-state index in [4.69, 9.17) is 37.0 Å². The van der Waals surface area contributed by atoms with Gasteiger partial charge in [0, 0.05) is 25.7 Å². The van der Waals surface area contributed by atoms with Crippen LogP contribution >= 0.6 is 15.6 Å². The molecule has 0 aromatic carbocycles. The number of aliphatic hydroxyl groups excluding tert-OH is 1. The second kappa shape index (κ2) is 76.4. The number of phosphoric acid groups is 2. The summed E-state index contributed by atoms with van der Waals surface area (Å²) in [4.78, 5) is 73.2.